The number of nitrogens with one attached hydrogen (secondary N) is 1. The molecule has 7 heteroatoms. The molecule has 0 aromatic heterocycles. The van der Waals surface area contributed by atoms with Crippen molar-refractivity contribution in [2.45, 2.75) is 32.4 Å². The average molecular weight is 318 g/mol. The van der Waals surface area contributed by atoms with E-state index in [0.29, 0.717) is 13.1 Å². The molecule has 0 bridgehead atoms. The minimum absolute atomic E-state index is 0.0332. The summed E-state index contributed by atoms with van der Waals surface area (Å²) in [6.45, 7) is 2.91. The Labute approximate surface area is 124 Å². The zero-order valence-electron chi connectivity index (χ0n) is 12.0. The van der Waals surface area contributed by atoms with Gasteiger partial charge in [-0.15, -0.1) is 0 Å². The summed E-state index contributed by atoms with van der Waals surface area (Å²) in [5.74, 6) is -1.09. The first kappa shape index (κ1) is 16.3. The van der Waals surface area contributed by atoms with Gasteiger partial charge in [0.15, 0.2) is 0 Å². The van der Waals surface area contributed by atoms with Gasteiger partial charge in [0.2, 0.25) is 10.0 Å². The van der Waals surface area contributed by atoms with Gasteiger partial charge in [0.25, 0.3) is 0 Å². The molecule has 1 unspecified atom stereocenters. The monoisotopic (exact) mass is 318 g/mol. The molecule has 1 aromatic rings. The topological polar surface area (TPSA) is 49.4 Å². The fourth-order valence-corrected chi connectivity index (χ4v) is 3.41. The van der Waals surface area contributed by atoms with E-state index in [1.165, 1.54) is 18.2 Å². The van der Waals surface area contributed by atoms with Crippen LogP contribution in [-0.4, -0.2) is 38.2 Å². The van der Waals surface area contributed by atoms with Gasteiger partial charge in [-0.1, -0.05) is 6.07 Å². The summed E-state index contributed by atoms with van der Waals surface area (Å²) in [5, 5.41) is 0. The first-order valence-corrected chi connectivity index (χ1v) is 8.71. The molecule has 21 heavy (non-hydrogen) atoms. The zero-order valence-corrected chi connectivity index (χ0v) is 12.8. The Bertz CT molecular complexity index is 572. The fraction of sp³-hybridized carbons (Fsp3) is 0.571. The number of rotatable bonds is 5. The summed E-state index contributed by atoms with van der Waals surface area (Å²) >= 11 is 0. The molecular formula is C14H20F2N2O2S. The van der Waals surface area contributed by atoms with Gasteiger partial charge in [-0.05, 0) is 38.4 Å². The van der Waals surface area contributed by atoms with Gasteiger partial charge in [0.05, 0.1) is 5.75 Å². The molecule has 1 aliphatic rings. The van der Waals surface area contributed by atoms with Crippen LogP contribution in [0.4, 0.5) is 8.78 Å². The molecule has 1 heterocycles. The van der Waals surface area contributed by atoms with Gasteiger partial charge in [-0.25, -0.2) is 21.9 Å². The number of hydrogen-bond donors (Lipinski definition) is 1. The molecule has 118 valence electrons. The van der Waals surface area contributed by atoms with Crippen molar-refractivity contribution in [3.63, 3.8) is 0 Å². The second-order valence-corrected chi connectivity index (χ2v) is 7.34. The molecule has 1 aliphatic heterocycles. The Kier molecular flexibility index (Phi) is 5.29. The van der Waals surface area contributed by atoms with Crippen LogP contribution < -0.4 is 4.72 Å². The molecule has 4 nitrogen and oxygen atoms in total. The second kappa shape index (κ2) is 6.81. The van der Waals surface area contributed by atoms with Crippen LogP contribution in [0, 0.1) is 11.6 Å². The first-order valence-electron chi connectivity index (χ1n) is 7.06. The van der Waals surface area contributed by atoms with Crippen LogP contribution in [0.3, 0.4) is 0 Å². The standard InChI is InChI=1S/C14H20F2N2O2S/c1-2-21(19,20)17-11-5-4-8-18(9-11)10-12-13(15)6-3-7-14(12)16/h3,6-7,11,17H,2,4-5,8-10H2,1H3. The highest BCUT2D eigenvalue weighted by atomic mass is 32.2. The van der Waals surface area contributed by atoms with Gasteiger partial charge in [-0.2, -0.15) is 0 Å². The van der Waals surface area contributed by atoms with E-state index in [4.69, 9.17) is 0 Å². The number of benzene rings is 1. The van der Waals surface area contributed by atoms with Gasteiger partial charge in [0, 0.05) is 24.7 Å². The molecule has 0 aliphatic carbocycles. The van der Waals surface area contributed by atoms with E-state index in [0.717, 1.165) is 12.8 Å². The molecular weight excluding hydrogens is 298 g/mol. The van der Waals surface area contributed by atoms with Crippen molar-refractivity contribution in [3.05, 3.63) is 35.4 Å². The number of piperidine rings is 1. The van der Waals surface area contributed by atoms with Crippen LogP contribution in [0.15, 0.2) is 18.2 Å². The van der Waals surface area contributed by atoms with Gasteiger partial charge in [-0.3, -0.25) is 4.90 Å². The van der Waals surface area contributed by atoms with Crippen LogP contribution in [0.5, 0.6) is 0 Å². The van der Waals surface area contributed by atoms with Crippen molar-refractivity contribution in [2.75, 3.05) is 18.8 Å². The number of hydrogen-bond acceptors (Lipinski definition) is 3. The minimum atomic E-state index is -3.26. The maximum atomic E-state index is 13.7. The van der Waals surface area contributed by atoms with E-state index in [9.17, 15) is 17.2 Å². The zero-order chi connectivity index (χ0) is 15.5. The number of likely N-dealkylation sites (tertiary alicyclic amines) is 1. The van der Waals surface area contributed by atoms with Crippen molar-refractivity contribution in [1.82, 2.24) is 9.62 Å². The third-order valence-electron chi connectivity index (χ3n) is 3.68. The Hall–Kier alpha value is -1.05. The third-order valence-corrected chi connectivity index (χ3v) is 5.13. The van der Waals surface area contributed by atoms with E-state index in [1.54, 1.807) is 6.92 Å². The lowest BCUT2D eigenvalue weighted by Crippen LogP contribution is -2.47. The Morgan fingerprint density at radius 3 is 2.62 bits per heavy atom. The Balaban J connectivity index is 2.02. The van der Waals surface area contributed by atoms with E-state index in [1.807, 2.05) is 4.90 Å². The molecule has 0 saturated carbocycles. The van der Waals surface area contributed by atoms with E-state index >= 15 is 0 Å². The molecule has 2 rings (SSSR count). The second-order valence-electron chi connectivity index (χ2n) is 5.30. The summed E-state index contributed by atoms with van der Waals surface area (Å²) < 4.78 is 53.1. The van der Waals surface area contributed by atoms with Crippen molar-refractivity contribution >= 4 is 10.0 Å². The van der Waals surface area contributed by atoms with Crippen LogP contribution in [0.2, 0.25) is 0 Å². The molecule has 1 aromatic carbocycles. The SMILES string of the molecule is CCS(=O)(=O)NC1CCCN(Cc2c(F)cccc2F)C1. The summed E-state index contributed by atoms with van der Waals surface area (Å²) in [5.41, 5.74) is 0.0384. The fourth-order valence-electron chi connectivity index (χ4n) is 2.54. The highest BCUT2D eigenvalue weighted by Crippen LogP contribution is 2.18. The number of sulfonamides is 1. The predicted molar refractivity (Wildman–Crippen MR) is 77.3 cm³/mol. The molecule has 0 amide bonds. The van der Waals surface area contributed by atoms with Gasteiger partial charge < -0.3 is 0 Å². The van der Waals surface area contributed by atoms with E-state index in [-0.39, 0.29) is 23.9 Å². The highest BCUT2D eigenvalue weighted by Gasteiger charge is 2.24. The normalized spacial score (nSPS) is 20.6. The van der Waals surface area contributed by atoms with Crippen molar-refractivity contribution < 1.29 is 17.2 Å². The quantitative estimate of drug-likeness (QED) is 0.902. The summed E-state index contributed by atoms with van der Waals surface area (Å²) in [7, 11) is -3.26. The van der Waals surface area contributed by atoms with Gasteiger partial charge >= 0.3 is 0 Å². The largest absolute Gasteiger partial charge is 0.297 e. The summed E-state index contributed by atoms with van der Waals surface area (Å²) in [4.78, 5) is 1.88. The van der Waals surface area contributed by atoms with Crippen LogP contribution in [-0.2, 0) is 16.6 Å². The summed E-state index contributed by atoms with van der Waals surface area (Å²) in [6, 6.07) is 3.61. The molecule has 0 radical (unpaired) electrons. The van der Waals surface area contributed by atoms with Crippen LogP contribution >= 0.6 is 0 Å². The highest BCUT2D eigenvalue weighted by molar-refractivity contribution is 7.89. The molecule has 1 N–H and O–H groups in total. The maximum absolute atomic E-state index is 13.7. The van der Waals surface area contributed by atoms with Gasteiger partial charge in [0.1, 0.15) is 11.6 Å². The maximum Gasteiger partial charge on any atom is 0.211 e. The predicted octanol–water partition coefficient (Wildman–Crippen LogP) is 1.87. The van der Waals surface area contributed by atoms with E-state index < -0.39 is 21.7 Å². The molecule has 1 saturated heterocycles. The lowest BCUT2D eigenvalue weighted by Gasteiger charge is -2.33. The van der Waals surface area contributed by atoms with Crippen molar-refractivity contribution in [2.24, 2.45) is 0 Å². The van der Waals surface area contributed by atoms with E-state index in [2.05, 4.69) is 4.72 Å². The number of halogens is 2. The lowest BCUT2D eigenvalue weighted by atomic mass is 10.1. The minimum Gasteiger partial charge on any atom is -0.297 e. The first-order chi connectivity index (χ1) is 9.91. The smallest absolute Gasteiger partial charge is 0.211 e. The molecule has 1 fully saturated rings. The molecule has 1 atom stereocenters. The Morgan fingerprint density at radius 1 is 1.33 bits per heavy atom. The van der Waals surface area contributed by atoms with Crippen LogP contribution in [0.1, 0.15) is 25.3 Å². The lowest BCUT2D eigenvalue weighted by molar-refractivity contribution is 0.190. The third kappa shape index (κ3) is 4.46. The average Bonchev–Trinajstić information content (AvgIpc) is 2.43. The molecule has 0 spiro atoms. The summed E-state index contributed by atoms with van der Waals surface area (Å²) in [6.07, 6.45) is 1.54. The number of nitrogens with zero attached hydrogens (tertiary/aromatic N) is 1. The Morgan fingerprint density at radius 2 is 2.00 bits per heavy atom. The van der Waals surface area contributed by atoms with Crippen molar-refractivity contribution in [1.29, 1.82) is 0 Å². The van der Waals surface area contributed by atoms with Crippen LogP contribution in [0.25, 0.3) is 0 Å². The van der Waals surface area contributed by atoms with Crippen molar-refractivity contribution in [3.8, 4) is 0 Å².